The highest BCUT2D eigenvalue weighted by molar-refractivity contribution is 5.79. The summed E-state index contributed by atoms with van der Waals surface area (Å²) in [6, 6.07) is 2.70. The van der Waals surface area contributed by atoms with E-state index in [1.807, 2.05) is 4.90 Å². The molecule has 0 bridgehead atoms. The van der Waals surface area contributed by atoms with Gasteiger partial charge in [0.15, 0.2) is 5.54 Å². The van der Waals surface area contributed by atoms with E-state index in [0.29, 0.717) is 18.8 Å². The summed E-state index contributed by atoms with van der Waals surface area (Å²) in [5.41, 5.74) is -0.858. The van der Waals surface area contributed by atoms with Crippen LogP contribution in [0.25, 0.3) is 0 Å². The summed E-state index contributed by atoms with van der Waals surface area (Å²) in [5.74, 6) is -1.43. The fourth-order valence-corrected chi connectivity index (χ4v) is 2.36. The zero-order valence-electron chi connectivity index (χ0n) is 10.9. The van der Waals surface area contributed by atoms with E-state index in [2.05, 4.69) is 10.3 Å². The molecule has 0 radical (unpaired) electrons. The van der Waals surface area contributed by atoms with Crippen LogP contribution < -0.4 is 5.32 Å². The number of nitrogens with one attached hydrogen (secondary N) is 1. The smallest absolute Gasteiger partial charge is 0.330 e. The topological polar surface area (TPSA) is 65.5 Å². The Morgan fingerprint density at radius 2 is 2.26 bits per heavy atom. The Balaban J connectivity index is 2.35. The first-order valence-corrected chi connectivity index (χ1v) is 6.36. The minimum Gasteiger partial charge on any atom is -0.480 e. The lowest BCUT2D eigenvalue weighted by Gasteiger charge is -2.36. The number of rotatable bonds is 3. The van der Waals surface area contributed by atoms with E-state index >= 15 is 0 Å². The van der Waals surface area contributed by atoms with Crippen molar-refractivity contribution in [1.82, 2.24) is 15.2 Å². The van der Waals surface area contributed by atoms with Crippen LogP contribution in [0.4, 0.5) is 4.39 Å². The minimum atomic E-state index is -1.22. The molecule has 0 aliphatic carbocycles. The van der Waals surface area contributed by atoms with Crippen molar-refractivity contribution in [3.8, 4) is 0 Å². The van der Waals surface area contributed by atoms with Crippen molar-refractivity contribution in [3.63, 3.8) is 0 Å². The van der Waals surface area contributed by atoms with Crippen LogP contribution in [0.5, 0.6) is 0 Å². The molecule has 6 heteroatoms. The highest BCUT2D eigenvalue weighted by Crippen LogP contribution is 2.27. The number of carbonyl (C=O) groups is 1. The molecule has 104 valence electrons. The number of aromatic nitrogens is 1. The molecule has 0 amide bonds. The van der Waals surface area contributed by atoms with E-state index in [1.165, 1.54) is 12.1 Å². The Morgan fingerprint density at radius 3 is 2.89 bits per heavy atom. The quantitative estimate of drug-likeness (QED) is 0.848. The zero-order chi connectivity index (χ0) is 13.9. The van der Waals surface area contributed by atoms with Gasteiger partial charge < -0.3 is 10.4 Å². The van der Waals surface area contributed by atoms with Crippen LogP contribution in [0.1, 0.15) is 19.0 Å². The average Bonchev–Trinajstić information content (AvgIpc) is 2.67. The first kappa shape index (κ1) is 13.9. The molecule has 1 fully saturated rings. The number of nitrogens with zero attached hydrogens (tertiary/aromatic N) is 2. The van der Waals surface area contributed by atoms with E-state index < -0.39 is 17.3 Å². The number of pyridine rings is 1. The maximum Gasteiger partial charge on any atom is 0.330 e. The number of halogens is 1. The molecular formula is C13H18FN3O2. The van der Waals surface area contributed by atoms with Crippen LogP contribution in [0.2, 0.25) is 0 Å². The van der Waals surface area contributed by atoms with E-state index in [1.54, 1.807) is 6.92 Å². The van der Waals surface area contributed by atoms with Gasteiger partial charge in [-0.1, -0.05) is 0 Å². The summed E-state index contributed by atoms with van der Waals surface area (Å²) in [6.07, 6.45) is 1.94. The third kappa shape index (κ3) is 2.74. The summed E-state index contributed by atoms with van der Waals surface area (Å²) in [5, 5.41) is 12.8. The molecular weight excluding hydrogens is 249 g/mol. The Labute approximate surface area is 111 Å². The van der Waals surface area contributed by atoms with Crippen LogP contribution in [-0.2, 0) is 10.3 Å². The summed E-state index contributed by atoms with van der Waals surface area (Å²) in [6.45, 7) is 4.55. The molecule has 1 aliphatic rings. The Hall–Kier alpha value is -1.53. The van der Waals surface area contributed by atoms with Gasteiger partial charge in [-0.25, -0.2) is 9.18 Å². The monoisotopic (exact) mass is 267 g/mol. The average molecular weight is 267 g/mol. The molecule has 0 saturated carbocycles. The van der Waals surface area contributed by atoms with Gasteiger partial charge in [-0.3, -0.25) is 9.88 Å². The van der Waals surface area contributed by atoms with E-state index in [4.69, 9.17) is 0 Å². The van der Waals surface area contributed by atoms with Crippen molar-refractivity contribution >= 4 is 5.97 Å². The number of hydrogen-bond donors (Lipinski definition) is 2. The lowest BCUT2D eigenvalue weighted by molar-refractivity contribution is -0.151. The summed E-state index contributed by atoms with van der Waals surface area (Å²) in [4.78, 5) is 17.6. The van der Waals surface area contributed by atoms with Gasteiger partial charge in [-0.2, -0.15) is 0 Å². The second kappa shape index (κ2) is 5.63. The van der Waals surface area contributed by atoms with Crippen LogP contribution in [0.3, 0.4) is 0 Å². The van der Waals surface area contributed by atoms with Gasteiger partial charge in [-0.05, 0) is 32.0 Å². The fraction of sp³-hybridized carbons (Fsp3) is 0.538. The predicted octanol–water partition coefficient (Wildman–Crippen LogP) is 0.816. The summed E-state index contributed by atoms with van der Waals surface area (Å²) < 4.78 is 12.9. The summed E-state index contributed by atoms with van der Waals surface area (Å²) >= 11 is 0. The van der Waals surface area contributed by atoms with Crippen molar-refractivity contribution in [1.29, 1.82) is 0 Å². The molecule has 19 heavy (non-hydrogen) atoms. The molecule has 1 unspecified atom stereocenters. The van der Waals surface area contributed by atoms with Crippen LogP contribution in [0.15, 0.2) is 18.3 Å². The highest BCUT2D eigenvalue weighted by atomic mass is 19.1. The normalized spacial score (nSPS) is 20.5. The van der Waals surface area contributed by atoms with Gasteiger partial charge in [-0.15, -0.1) is 0 Å². The molecule has 5 nitrogen and oxygen atoms in total. The number of aliphatic carboxylic acids is 1. The molecule has 2 rings (SSSR count). The molecule has 1 aromatic rings. The van der Waals surface area contributed by atoms with Gasteiger partial charge in [0, 0.05) is 19.6 Å². The second-order valence-corrected chi connectivity index (χ2v) is 4.83. The zero-order valence-corrected chi connectivity index (χ0v) is 10.9. The summed E-state index contributed by atoms with van der Waals surface area (Å²) in [7, 11) is 0. The Bertz CT molecular complexity index is 444. The first-order chi connectivity index (χ1) is 9.05. The lowest BCUT2D eigenvalue weighted by Crippen LogP contribution is -2.51. The van der Waals surface area contributed by atoms with Crippen molar-refractivity contribution in [2.75, 3.05) is 26.2 Å². The third-order valence-corrected chi connectivity index (χ3v) is 3.62. The van der Waals surface area contributed by atoms with Crippen molar-refractivity contribution < 1.29 is 14.3 Å². The van der Waals surface area contributed by atoms with E-state index in [9.17, 15) is 14.3 Å². The molecule has 2 heterocycles. The lowest BCUT2D eigenvalue weighted by atomic mass is 9.94. The molecule has 0 spiro atoms. The highest BCUT2D eigenvalue weighted by Gasteiger charge is 2.42. The van der Waals surface area contributed by atoms with Crippen LogP contribution in [0, 0.1) is 5.82 Å². The number of carboxylic acids is 1. The van der Waals surface area contributed by atoms with E-state index in [-0.39, 0.29) is 0 Å². The molecule has 1 saturated heterocycles. The molecule has 1 aliphatic heterocycles. The van der Waals surface area contributed by atoms with Crippen LogP contribution >= 0.6 is 0 Å². The van der Waals surface area contributed by atoms with E-state index in [0.717, 1.165) is 25.7 Å². The molecule has 1 aromatic heterocycles. The second-order valence-electron chi connectivity index (χ2n) is 4.83. The first-order valence-electron chi connectivity index (χ1n) is 6.36. The predicted molar refractivity (Wildman–Crippen MR) is 68.2 cm³/mol. The molecule has 0 aromatic carbocycles. The fourth-order valence-electron chi connectivity index (χ4n) is 2.36. The third-order valence-electron chi connectivity index (χ3n) is 3.62. The minimum absolute atomic E-state index is 0.364. The van der Waals surface area contributed by atoms with Gasteiger partial charge in [0.25, 0.3) is 0 Å². The van der Waals surface area contributed by atoms with Gasteiger partial charge in [0.05, 0.1) is 11.9 Å². The Kier molecular flexibility index (Phi) is 4.11. The van der Waals surface area contributed by atoms with Gasteiger partial charge in [0.2, 0.25) is 0 Å². The Morgan fingerprint density at radius 1 is 1.47 bits per heavy atom. The van der Waals surface area contributed by atoms with Gasteiger partial charge >= 0.3 is 5.97 Å². The number of hydrogen-bond acceptors (Lipinski definition) is 4. The largest absolute Gasteiger partial charge is 0.480 e. The standard InChI is InChI=1S/C13H18FN3O2/c1-13(12(18)19,11-4-3-10(14)9-16-11)17-7-2-5-15-6-8-17/h3-4,9,15H,2,5-8H2,1H3,(H,18,19). The molecule has 1 atom stereocenters. The number of carboxylic acid groups (broad SMARTS) is 1. The molecule has 2 N–H and O–H groups in total. The maximum absolute atomic E-state index is 12.9. The van der Waals surface area contributed by atoms with Crippen molar-refractivity contribution in [2.24, 2.45) is 0 Å². The maximum atomic E-state index is 12.9. The van der Waals surface area contributed by atoms with Crippen molar-refractivity contribution in [2.45, 2.75) is 18.9 Å². The van der Waals surface area contributed by atoms with Crippen molar-refractivity contribution in [3.05, 3.63) is 29.8 Å². The van der Waals surface area contributed by atoms with Gasteiger partial charge in [0.1, 0.15) is 5.82 Å². The van der Waals surface area contributed by atoms with Crippen LogP contribution in [-0.4, -0.2) is 47.1 Å². The SMILES string of the molecule is CC(C(=O)O)(c1ccc(F)cn1)N1CCCNCC1.